The second-order valence-corrected chi connectivity index (χ2v) is 3.96. The van der Waals surface area contributed by atoms with Gasteiger partial charge < -0.3 is 5.73 Å². The van der Waals surface area contributed by atoms with Crippen molar-refractivity contribution >= 4 is 5.69 Å². The van der Waals surface area contributed by atoms with E-state index in [1.54, 1.807) is 12.1 Å². The minimum Gasteiger partial charge on any atom is -0.325 e. The van der Waals surface area contributed by atoms with Gasteiger partial charge in [0.25, 0.3) is 5.69 Å². The van der Waals surface area contributed by atoms with Crippen molar-refractivity contribution in [1.82, 2.24) is 0 Å². The number of nitrogens with two attached hydrogens (primary N) is 1. The number of rotatable bonds is 3. The number of non-ortho nitro benzene ring substituents is 1. The van der Waals surface area contributed by atoms with Crippen LogP contribution in [0.2, 0.25) is 0 Å². The number of hydrogen-bond donors (Lipinski definition) is 1. The molecule has 2 N–H and O–H groups in total. The first kappa shape index (κ1) is 9.15. The Morgan fingerprint density at radius 1 is 1.36 bits per heavy atom. The van der Waals surface area contributed by atoms with Crippen molar-refractivity contribution in [2.45, 2.75) is 24.8 Å². The highest BCUT2D eigenvalue weighted by atomic mass is 16.6. The molecule has 2 rings (SSSR count). The second kappa shape index (κ2) is 3.06. The molecule has 74 valence electrons. The molecule has 1 aliphatic carbocycles. The fourth-order valence-corrected chi connectivity index (χ4v) is 1.48. The molecule has 1 fully saturated rings. The molecule has 0 atom stereocenters. The smallest absolute Gasteiger partial charge is 0.269 e. The Morgan fingerprint density at radius 2 is 1.93 bits per heavy atom. The lowest BCUT2D eigenvalue weighted by Crippen LogP contribution is -2.24. The van der Waals surface area contributed by atoms with E-state index >= 15 is 0 Å². The first-order valence-electron chi connectivity index (χ1n) is 4.61. The van der Waals surface area contributed by atoms with Crippen molar-refractivity contribution in [2.75, 3.05) is 0 Å². The Kier molecular flexibility index (Phi) is 2.00. The molecule has 0 spiro atoms. The van der Waals surface area contributed by atoms with Gasteiger partial charge in [-0.05, 0) is 24.8 Å². The Hall–Kier alpha value is -1.42. The molecule has 4 heteroatoms. The summed E-state index contributed by atoms with van der Waals surface area (Å²) in [4.78, 5) is 10.0. The number of nitro benzene ring substituents is 1. The molecule has 0 aliphatic heterocycles. The highest BCUT2D eigenvalue weighted by Gasteiger charge is 2.37. The Labute approximate surface area is 81.9 Å². The number of nitrogens with zero attached hydrogens (tertiary/aromatic N) is 1. The van der Waals surface area contributed by atoms with Gasteiger partial charge in [-0.3, -0.25) is 10.1 Å². The molecule has 0 aromatic heterocycles. The lowest BCUT2D eigenvalue weighted by atomic mass is 10.1. The quantitative estimate of drug-likeness (QED) is 0.584. The van der Waals surface area contributed by atoms with Crippen molar-refractivity contribution < 1.29 is 4.92 Å². The molecule has 1 aromatic carbocycles. The highest BCUT2D eigenvalue weighted by molar-refractivity contribution is 5.34. The van der Waals surface area contributed by atoms with Crippen LogP contribution >= 0.6 is 0 Å². The van der Waals surface area contributed by atoms with Gasteiger partial charge in [-0.2, -0.15) is 0 Å². The summed E-state index contributed by atoms with van der Waals surface area (Å²) in [7, 11) is 0. The van der Waals surface area contributed by atoms with Gasteiger partial charge in [-0.25, -0.2) is 0 Å². The van der Waals surface area contributed by atoms with Gasteiger partial charge in [-0.15, -0.1) is 0 Å². The normalized spacial score (nSPS) is 17.8. The lowest BCUT2D eigenvalue weighted by molar-refractivity contribution is -0.384. The highest BCUT2D eigenvalue weighted by Crippen LogP contribution is 2.35. The van der Waals surface area contributed by atoms with Crippen LogP contribution in [-0.4, -0.2) is 10.5 Å². The summed E-state index contributed by atoms with van der Waals surface area (Å²) in [5, 5.41) is 10.4. The van der Waals surface area contributed by atoms with Gasteiger partial charge in [0.1, 0.15) is 0 Å². The zero-order valence-electron chi connectivity index (χ0n) is 7.77. The minimum atomic E-state index is -0.390. The summed E-state index contributed by atoms with van der Waals surface area (Å²) >= 11 is 0. The molecular weight excluding hydrogens is 180 g/mol. The maximum atomic E-state index is 10.4. The van der Waals surface area contributed by atoms with Crippen LogP contribution in [0.15, 0.2) is 24.3 Å². The molecule has 1 aliphatic rings. The predicted molar refractivity (Wildman–Crippen MR) is 53.0 cm³/mol. The predicted octanol–water partition coefficient (Wildman–Crippen LogP) is 1.63. The summed E-state index contributed by atoms with van der Waals surface area (Å²) < 4.78 is 0. The monoisotopic (exact) mass is 192 g/mol. The van der Waals surface area contributed by atoms with Crippen molar-refractivity contribution in [2.24, 2.45) is 5.73 Å². The van der Waals surface area contributed by atoms with Gasteiger partial charge in [-0.1, -0.05) is 12.1 Å². The van der Waals surface area contributed by atoms with E-state index in [0.717, 1.165) is 24.8 Å². The van der Waals surface area contributed by atoms with Crippen molar-refractivity contribution in [3.05, 3.63) is 39.9 Å². The molecule has 4 nitrogen and oxygen atoms in total. The third kappa shape index (κ3) is 1.90. The minimum absolute atomic E-state index is 0.0316. The van der Waals surface area contributed by atoms with Gasteiger partial charge in [0.15, 0.2) is 0 Å². The van der Waals surface area contributed by atoms with E-state index in [4.69, 9.17) is 5.73 Å². The molecule has 1 aromatic rings. The van der Waals surface area contributed by atoms with Crippen LogP contribution in [0.25, 0.3) is 0 Å². The topological polar surface area (TPSA) is 69.2 Å². The molecule has 0 saturated heterocycles. The summed E-state index contributed by atoms with van der Waals surface area (Å²) in [6, 6.07) is 6.62. The molecule has 0 amide bonds. The fourth-order valence-electron chi connectivity index (χ4n) is 1.48. The van der Waals surface area contributed by atoms with E-state index in [-0.39, 0.29) is 16.1 Å². The third-order valence-corrected chi connectivity index (χ3v) is 2.60. The lowest BCUT2D eigenvalue weighted by Gasteiger charge is -2.07. The van der Waals surface area contributed by atoms with Gasteiger partial charge in [0, 0.05) is 17.7 Å². The zero-order valence-corrected chi connectivity index (χ0v) is 7.77. The molecule has 14 heavy (non-hydrogen) atoms. The average molecular weight is 192 g/mol. The van der Waals surface area contributed by atoms with Gasteiger partial charge >= 0.3 is 0 Å². The van der Waals surface area contributed by atoms with E-state index in [1.807, 2.05) is 0 Å². The molecule has 0 unspecified atom stereocenters. The van der Waals surface area contributed by atoms with Crippen LogP contribution in [0.5, 0.6) is 0 Å². The van der Waals surface area contributed by atoms with Crippen LogP contribution in [0.3, 0.4) is 0 Å². The Bertz CT molecular complexity index is 355. The summed E-state index contributed by atoms with van der Waals surface area (Å²) in [5.74, 6) is 0. The van der Waals surface area contributed by atoms with E-state index in [9.17, 15) is 10.1 Å². The zero-order chi connectivity index (χ0) is 10.2. The molecule has 0 radical (unpaired) electrons. The first-order chi connectivity index (χ1) is 6.59. The van der Waals surface area contributed by atoms with E-state index in [0.29, 0.717) is 0 Å². The van der Waals surface area contributed by atoms with Crippen molar-refractivity contribution in [3.63, 3.8) is 0 Å². The molecule has 1 saturated carbocycles. The number of benzene rings is 1. The first-order valence-corrected chi connectivity index (χ1v) is 4.61. The fraction of sp³-hybridized carbons (Fsp3) is 0.400. The van der Waals surface area contributed by atoms with Gasteiger partial charge in [0.05, 0.1) is 4.92 Å². The van der Waals surface area contributed by atoms with Gasteiger partial charge in [0.2, 0.25) is 0 Å². The van der Waals surface area contributed by atoms with Crippen LogP contribution in [0, 0.1) is 10.1 Å². The van der Waals surface area contributed by atoms with Crippen LogP contribution in [-0.2, 0) is 6.42 Å². The van der Waals surface area contributed by atoms with E-state index < -0.39 is 0 Å². The maximum Gasteiger partial charge on any atom is 0.269 e. The maximum absolute atomic E-state index is 10.4. The average Bonchev–Trinajstić information content (AvgIpc) is 2.84. The molecule has 0 bridgehead atoms. The Morgan fingerprint density at radius 3 is 2.36 bits per heavy atom. The standard InChI is InChI=1S/C10H12N2O2/c11-10(5-6-10)7-8-1-3-9(4-2-8)12(13)14/h1-4H,5-7,11H2. The van der Waals surface area contributed by atoms with Crippen LogP contribution < -0.4 is 5.73 Å². The molecular formula is C10H12N2O2. The van der Waals surface area contributed by atoms with E-state index in [2.05, 4.69) is 0 Å². The summed E-state index contributed by atoms with van der Waals surface area (Å²) in [6.45, 7) is 0. The van der Waals surface area contributed by atoms with Crippen molar-refractivity contribution in [1.29, 1.82) is 0 Å². The SMILES string of the molecule is NC1(Cc2ccc([N+](=O)[O-])cc2)CC1. The third-order valence-electron chi connectivity index (χ3n) is 2.60. The number of nitro groups is 1. The van der Waals surface area contributed by atoms with E-state index in [1.165, 1.54) is 12.1 Å². The summed E-state index contributed by atoms with van der Waals surface area (Å²) in [6.07, 6.45) is 2.94. The second-order valence-electron chi connectivity index (χ2n) is 3.96. The van der Waals surface area contributed by atoms with Crippen molar-refractivity contribution in [3.8, 4) is 0 Å². The summed E-state index contributed by atoms with van der Waals surface area (Å²) in [5.41, 5.74) is 7.13. The number of hydrogen-bond acceptors (Lipinski definition) is 3. The van der Waals surface area contributed by atoms with Crippen LogP contribution in [0.4, 0.5) is 5.69 Å². The Balaban J connectivity index is 2.10. The van der Waals surface area contributed by atoms with Crippen LogP contribution in [0.1, 0.15) is 18.4 Å². The largest absolute Gasteiger partial charge is 0.325 e. The molecule has 0 heterocycles.